The highest BCUT2D eigenvalue weighted by molar-refractivity contribution is 5.94. The maximum Gasteiger partial charge on any atom is 0.253 e. The molecule has 1 amide bonds. The summed E-state index contributed by atoms with van der Waals surface area (Å²) in [6, 6.07) is 13.7. The number of aromatic amines is 1. The molecule has 3 heterocycles. The summed E-state index contributed by atoms with van der Waals surface area (Å²) < 4.78 is 0. The van der Waals surface area contributed by atoms with E-state index in [9.17, 15) is 4.79 Å². The van der Waals surface area contributed by atoms with Crippen LogP contribution >= 0.6 is 0 Å². The fourth-order valence-corrected chi connectivity index (χ4v) is 3.16. The molecule has 1 saturated heterocycles. The Morgan fingerprint density at radius 1 is 1.08 bits per heavy atom. The third kappa shape index (κ3) is 3.31. The number of piperazine rings is 1. The van der Waals surface area contributed by atoms with Crippen LogP contribution in [0.3, 0.4) is 0 Å². The Hall–Kier alpha value is -3.15. The molecule has 26 heavy (non-hydrogen) atoms. The monoisotopic (exact) mass is 347 g/mol. The zero-order valence-corrected chi connectivity index (χ0v) is 14.7. The summed E-state index contributed by atoms with van der Waals surface area (Å²) in [4.78, 5) is 20.9. The standard InChI is InChI=1S/C20H21N5O/c1-15-4-6-16(7-5-15)20(26)25-11-9-24(10-12-25)19-13-18(22-23-19)17-3-2-8-21-14-17/h2-8,13-14H,9-12H2,1H3,(H,22,23). The number of rotatable bonds is 3. The molecule has 6 heteroatoms. The van der Waals surface area contributed by atoms with Crippen LogP contribution < -0.4 is 4.90 Å². The molecule has 1 fully saturated rings. The lowest BCUT2D eigenvalue weighted by molar-refractivity contribution is 0.0746. The van der Waals surface area contributed by atoms with E-state index in [0.29, 0.717) is 13.1 Å². The molecule has 0 radical (unpaired) electrons. The van der Waals surface area contributed by atoms with Gasteiger partial charge in [0.2, 0.25) is 0 Å². The van der Waals surface area contributed by atoms with E-state index in [1.165, 1.54) is 0 Å². The second-order valence-electron chi connectivity index (χ2n) is 6.53. The second kappa shape index (κ2) is 7.00. The predicted molar refractivity (Wildman–Crippen MR) is 101 cm³/mol. The molecule has 0 unspecified atom stereocenters. The van der Waals surface area contributed by atoms with Gasteiger partial charge in [0, 0.05) is 55.8 Å². The van der Waals surface area contributed by atoms with Crippen molar-refractivity contribution in [2.45, 2.75) is 6.92 Å². The van der Waals surface area contributed by atoms with Crippen molar-refractivity contribution in [2.75, 3.05) is 31.1 Å². The molecular weight excluding hydrogens is 326 g/mol. The van der Waals surface area contributed by atoms with Crippen LogP contribution in [0.1, 0.15) is 15.9 Å². The lowest BCUT2D eigenvalue weighted by Crippen LogP contribution is -2.48. The molecular formula is C20H21N5O. The quantitative estimate of drug-likeness (QED) is 0.791. The molecule has 1 aromatic carbocycles. The first-order valence-corrected chi connectivity index (χ1v) is 8.77. The van der Waals surface area contributed by atoms with Crippen LogP contribution in [0.5, 0.6) is 0 Å². The van der Waals surface area contributed by atoms with Crippen molar-refractivity contribution < 1.29 is 4.79 Å². The molecule has 0 atom stereocenters. The minimum atomic E-state index is 0.0997. The van der Waals surface area contributed by atoms with E-state index in [1.54, 1.807) is 6.20 Å². The van der Waals surface area contributed by atoms with Gasteiger partial charge < -0.3 is 9.80 Å². The molecule has 3 aromatic rings. The average molecular weight is 347 g/mol. The summed E-state index contributed by atoms with van der Waals surface area (Å²) in [6.07, 6.45) is 3.57. The third-order valence-electron chi connectivity index (χ3n) is 4.73. The van der Waals surface area contributed by atoms with Gasteiger partial charge in [-0.1, -0.05) is 17.7 Å². The number of aromatic nitrogens is 3. The van der Waals surface area contributed by atoms with Gasteiger partial charge in [0.25, 0.3) is 5.91 Å². The van der Waals surface area contributed by atoms with Gasteiger partial charge >= 0.3 is 0 Å². The molecule has 0 bridgehead atoms. The van der Waals surface area contributed by atoms with Gasteiger partial charge in [0.15, 0.2) is 5.82 Å². The number of nitrogens with one attached hydrogen (secondary N) is 1. The van der Waals surface area contributed by atoms with Gasteiger partial charge in [-0.2, -0.15) is 5.10 Å². The van der Waals surface area contributed by atoms with E-state index < -0.39 is 0 Å². The van der Waals surface area contributed by atoms with Crippen LogP contribution in [0.25, 0.3) is 11.3 Å². The molecule has 0 aliphatic carbocycles. The first-order valence-electron chi connectivity index (χ1n) is 8.77. The van der Waals surface area contributed by atoms with Gasteiger partial charge in [-0.3, -0.25) is 14.9 Å². The molecule has 0 saturated carbocycles. The van der Waals surface area contributed by atoms with Crippen molar-refractivity contribution in [1.82, 2.24) is 20.1 Å². The maximum atomic E-state index is 12.6. The highest BCUT2D eigenvalue weighted by atomic mass is 16.2. The van der Waals surface area contributed by atoms with Crippen LogP contribution in [-0.4, -0.2) is 52.2 Å². The topological polar surface area (TPSA) is 65.1 Å². The second-order valence-corrected chi connectivity index (χ2v) is 6.53. The Balaban J connectivity index is 1.40. The summed E-state index contributed by atoms with van der Waals surface area (Å²) in [5.41, 5.74) is 3.88. The maximum absolute atomic E-state index is 12.6. The van der Waals surface area contributed by atoms with Crippen LogP contribution in [0.15, 0.2) is 54.9 Å². The zero-order valence-electron chi connectivity index (χ0n) is 14.7. The van der Waals surface area contributed by atoms with Crippen LogP contribution in [-0.2, 0) is 0 Å². The molecule has 1 aliphatic heterocycles. The number of carbonyl (C=O) groups excluding carboxylic acids is 1. The van der Waals surface area contributed by atoms with Crippen molar-refractivity contribution in [2.24, 2.45) is 0 Å². The number of nitrogens with zero attached hydrogens (tertiary/aromatic N) is 4. The predicted octanol–water partition coefficient (Wildman–Crippen LogP) is 2.74. The van der Waals surface area contributed by atoms with E-state index in [1.807, 2.05) is 60.5 Å². The van der Waals surface area contributed by atoms with Crippen molar-refractivity contribution in [1.29, 1.82) is 0 Å². The number of H-pyrrole nitrogens is 1. The molecule has 0 spiro atoms. The van der Waals surface area contributed by atoms with E-state index in [0.717, 1.165) is 41.3 Å². The molecule has 1 aliphatic rings. The average Bonchev–Trinajstić information content (AvgIpc) is 3.19. The van der Waals surface area contributed by atoms with Crippen LogP contribution in [0.4, 0.5) is 5.82 Å². The first kappa shape index (κ1) is 16.3. The summed E-state index contributed by atoms with van der Waals surface area (Å²) in [6.45, 7) is 4.96. The SMILES string of the molecule is Cc1ccc(C(=O)N2CCN(c3cc(-c4cccnc4)[nH]n3)CC2)cc1. The largest absolute Gasteiger partial charge is 0.352 e. The Labute approximate surface area is 152 Å². The number of amides is 1. The van der Waals surface area contributed by atoms with E-state index in [-0.39, 0.29) is 5.91 Å². The van der Waals surface area contributed by atoms with Gasteiger partial charge in [-0.25, -0.2) is 0 Å². The van der Waals surface area contributed by atoms with Crippen molar-refractivity contribution in [3.63, 3.8) is 0 Å². The fourth-order valence-electron chi connectivity index (χ4n) is 3.16. The van der Waals surface area contributed by atoms with Gasteiger partial charge in [0.1, 0.15) is 0 Å². The number of hydrogen-bond donors (Lipinski definition) is 1. The highest BCUT2D eigenvalue weighted by Gasteiger charge is 2.23. The Morgan fingerprint density at radius 3 is 2.54 bits per heavy atom. The normalized spacial score (nSPS) is 14.5. The van der Waals surface area contributed by atoms with Crippen molar-refractivity contribution in [3.05, 3.63) is 66.0 Å². The molecule has 1 N–H and O–H groups in total. The number of hydrogen-bond acceptors (Lipinski definition) is 4. The van der Waals surface area contributed by atoms with Crippen molar-refractivity contribution in [3.8, 4) is 11.3 Å². The molecule has 132 valence electrons. The lowest BCUT2D eigenvalue weighted by Gasteiger charge is -2.34. The lowest BCUT2D eigenvalue weighted by atomic mass is 10.1. The first-order chi connectivity index (χ1) is 12.7. The fraction of sp³-hybridized carbons (Fsp3) is 0.250. The van der Waals surface area contributed by atoms with Crippen LogP contribution in [0.2, 0.25) is 0 Å². The molecule has 4 rings (SSSR count). The van der Waals surface area contributed by atoms with Crippen LogP contribution in [0, 0.1) is 6.92 Å². The third-order valence-corrected chi connectivity index (χ3v) is 4.73. The number of anilines is 1. The Kier molecular flexibility index (Phi) is 4.39. The number of pyridine rings is 1. The summed E-state index contributed by atoms with van der Waals surface area (Å²) in [7, 11) is 0. The van der Waals surface area contributed by atoms with Gasteiger partial charge in [-0.05, 0) is 31.2 Å². The Morgan fingerprint density at radius 2 is 1.85 bits per heavy atom. The van der Waals surface area contributed by atoms with Gasteiger partial charge in [-0.15, -0.1) is 0 Å². The minimum absolute atomic E-state index is 0.0997. The number of carbonyl (C=O) groups is 1. The Bertz CT molecular complexity index is 880. The smallest absolute Gasteiger partial charge is 0.253 e. The summed E-state index contributed by atoms with van der Waals surface area (Å²) in [5.74, 6) is 1.01. The molecule has 2 aromatic heterocycles. The highest BCUT2D eigenvalue weighted by Crippen LogP contribution is 2.22. The number of benzene rings is 1. The summed E-state index contributed by atoms with van der Waals surface area (Å²) in [5, 5.41) is 7.50. The van der Waals surface area contributed by atoms with Crippen molar-refractivity contribution >= 4 is 11.7 Å². The molecule has 6 nitrogen and oxygen atoms in total. The zero-order chi connectivity index (χ0) is 17.9. The van der Waals surface area contributed by atoms with Gasteiger partial charge in [0.05, 0.1) is 5.69 Å². The van der Waals surface area contributed by atoms with E-state index in [4.69, 9.17) is 0 Å². The number of aryl methyl sites for hydroxylation is 1. The van der Waals surface area contributed by atoms with E-state index >= 15 is 0 Å². The van der Waals surface area contributed by atoms with E-state index in [2.05, 4.69) is 20.1 Å². The summed E-state index contributed by atoms with van der Waals surface area (Å²) >= 11 is 0. The minimum Gasteiger partial charge on any atom is -0.352 e.